The van der Waals surface area contributed by atoms with Crippen molar-refractivity contribution in [2.24, 2.45) is 0 Å². The number of aliphatic hydroxyl groups excluding tert-OH is 1. The summed E-state index contributed by atoms with van der Waals surface area (Å²) in [5, 5.41) is 20.4. The molecule has 3 N–H and O–H groups in total. The van der Waals surface area contributed by atoms with E-state index in [0.717, 1.165) is 5.56 Å². The molecule has 1 amide bonds. The highest BCUT2D eigenvalue weighted by Gasteiger charge is 2.10. The Morgan fingerprint density at radius 1 is 1.29 bits per heavy atom. The molecule has 92 valence electrons. The molecule has 5 heteroatoms. The molecule has 0 aromatic heterocycles. The third kappa shape index (κ3) is 4.24. The number of aromatic carboxylic acids is 1. The number of carbonyl (C=O) groups is 2. The third-order valence-corrected chi connectivity index (χ3v) is 2.31. The van der Waals surface area contributed by atoms with Crippen molar-refractivity contribution in [3.63, 3.8) is 0 Å². The maximum absolute atomic E-state index is 10.8. The lowest BCUT2D eigenvalue weighted by molar-refractivity contribution is -0.119. The minimum Gasteiger partial charge on any atom is -0.478 e. The zero-order valence-corrected chi connectivity index (χ0v) is 9.51. The van der Waals surface area contributed by atoms with Crippen LogP contribution in [0.1, 0.15) is 22.8 Å². The first-order chi connectivity index (χ1) is 8.02. The quantitative estimate of drug-likeness (QED) is 0.693. The van der Waals surface area contributed by atoms with Crippen LogP contribution < -0.4 is 5.32 Å². The number of amides is 1. The molecule has 1 aromatic carbocycles. The van der Waals surface area contributed by atoms with Crippen molar-refractivity contribution < 1.29 is 19.8 Å². The Morgan fingerprint density at radius 3 is 2.29 bits per heavy atom. The van der Waals surface area contributed by atoms with Crippen LogP contribution in [0.25, 0.3) is 0 Å². The van der Waals surface area contributed by atoms with Gasteiger partial charge in [-0.25, -0.2) is 4.79 Å². The fourth-order valence-corrected chi connectivity index (χ4v) is 1.52. The Morgan fingerprint density at radius 2 is 1.88 bits per heavy atom. The number of carboxylic acid groups (broad SMARTS) is 1. The summed E-state index contributed by atoms with van der Waals surface area (Å²) in [7, 11) is 0. The van der Waals surface area contributed by atoms with E-state index in [-0.39, 0.29) is 24.1 Å². The summed E-state index contributed by atoms with van der Waals surface area (Å²) in [5.41, 5.74) is 1.08. The van der Waals surface area contributed by atoms with Crippen molar-refractivity contribution in [3.05, 3.63) is 35.4 Å². The lowest BCUT2D eigenvalue weighted by atomic mass is 10.0. The second-order valence-electron chi connectivity index (χ2n) is 3.79. The van der Waals surface area contributed by atoms with Crippen LogP contribution in [-0.4, -0.2) is 34.7 Å². The van der Waals surface area contributed by atoms with Gasteiger partial charge in [0.2, 0.25) is 5.91 Å². The van der Waals surface area contributed by atoms with Crippen LogP contribution in [0.4, 0.5) is 0 Å². The van der Waals surface area contributed by atoms with Crippen molar-refractivity contribution in [2.75, 3.05) is 6.61 Å². The number of nitrogens with one attached hydrogen (secondary N) is 1. The summed E-state index contributed by atoms with van der Waals surface area (Å²) < 4.78 is 0. The van der Waals surface area contributed by atoms with Crippen molar-refractivity contribution in [1.29, 1.82) is 0 Å². The van der Waals surface area contributed by atoms with E-state index >= 15 is 0 Å². The van der Waals surface area contributed by atoms with E-state index in [2.05, 4.69) is 5.32 Å². The van der Waals surface area contributed by atoms with Crippen molar-refractivity contribution >= 4 is 11.9 Å². The highest BCUT2D eigenvalue weighted by Crippen LogP contribution is 2.07. The van der Waals surface area contributed by atoms with E-state index in [1.54, 1.807) is 12.1 Å². The largest absolute Gasteiger partial charge is 0.478 e. The summed E-state index contributed by atoms with van der Waals surface area (Å²) in [5.74, 6) is -1.18. The molecule has 0 saturated carbocycles. The Balaban J connectivity index is 2.67. The molecule has 0 saturated heterocycles. The molecular formula is C12H15NO4. The first kappa shape index (κ1) is 13.2. The zero-order chi connectivity index (χ0) is 12.8. The molecule has 0 bridgehead atoms. The summed E-state index contributed by atoms with van der Waals surface area (Å²) in [6, 6.07) is 6.00. The number of benzene rings is 1. The van der Waals surface area contributed by atoms with Gasteiger partial charge in [-0.15, -0.1) is 0 Å². The second kappa shape index (κ2) is 6.00. The van der Waals surface area contributed by atoms with Crippen molar-refractivity contribution in [2.45, 2.75) is 19.4 Å². The van der Waals surface area contributed by atoms with Gasteiger partial charge in [-0.3, -0.25) is 4.79 Å². The minimum absolute atomic E-state index is 0.153. The number of hydrogen-bond acceptors (Lipinski definition) is 3. The van der Waals surface area contributed by atoms with Crippen LogP contribution in [0.3, 0.4) is 0 Å². The molecule has 0 spiro atoms. The molecule has 0 fully saturated rings. The summed E-state index contributed by atoms with van der Waals surface area (Å²) in [6.45, 7) is 1.23. The summed E-state index contributed by atoms with van der Waals surface area (Å²) >= 11 is 0. The summed E-state index contributed by atoms with van der Waals surface area (Å²) in [4.78, 5) is 21.5. The molecule has 0 heterocycles. The molecule has 0 aliphatic carbocycles. The monoisotopic (exact) mass is 237 g/mol. The van der Waals surface area contributed by atoms with Crippen LogP contribution in [0, 0.1) is 0 Å². The highest BCUT2D eigenvalue weighted by atomic mass is 16.4. The van der Waals surface area contributed by atoms with E-state index in [1.807, 2.05) is 0 Å². The fraction of sp³-hybridized carbons (Fsp3) is 0.333. The third-order valence-electron chi connectivity index (χ3n) is 2.31. The number of aliphatic hydroxyl groups is 1. The molecule has 1 aromatic rings. The molecule has 0 radical (unpaired) electrons. The smallest absolute Gasteiger partial charge is 0.335 e. The number of carbonyl (C=O) groups excluding carboxylic acids is 1. The second-order valence-corrected chi connectivity index (χ2v) is 3.79. The van der Waals surface area contributed by atoms with E-state index in [1.165, 1.54) is 19.1 Å². The van der Waals surface area contributed by atoms with Gasteiger partial charge < -0.3 is 15.5 Å². The molecule has 1 unspecified atom stereocenters. The average molecular weight is 237 g/mol. The maximum Gasteiger partial charge on any atom is 0.335 e. The maximum atomic E-state index is 10.8. The van der Waals surface area contributed by atoms with Crippen LogP contribution in [0.5, 0.6) is 0 Å². The standard InChI is InChI=1S/C12H15NO4/c1-8(15)13-11(7-14)6-9-2-4-10(5-3-9)12(16)17/h2-5,11,14H,6-7H2,1H3,(H,13,15)(H,16,17). The number of carboxylic acids is 1. The van der Waals surface area contributed by atoms with Crippen LogP contribution >= 0.6 is 0 Å². The zero-order valence-electron chi connectivity index (χ0n) is 9.51. The van der Waals surface area contributed by atoms with Crippen molar-refractivity contribution in [1.82, 2.24) is 5.32 Å². The predicted molar refractivity (Wildman–Crippen MR) is 61.8 cm³/mol. The van der Waals surface area contributed by atoms with E-state index in [4.69, 9.17) is 10.2 Å². The number of hydrogen-bond donors (Lipinski definition) is 3. The van der Waals surface area contributed by atoms with Gasteiger partial charge in [0.1, 0.15) is 0 Å². The van der Waals surface area contributed by atoms with Crippen LogP contribution in [0.2, 0.25) is 0 Å². The Hall–Kier alpha value is -1.88. The number of rotatable bonds is 5. The lowest BCUT2D eigenvalue weighted by Crippen LogP contribution is -2.37. The van der Waals surface area contributed by atoms with Crippen molar-refractivity contribution in [3.8, 4) is 0 Å². The fourth-order valence-electron chi connectivity index (χ4n) is 1.52. The first-order valence-electron chi connectivity index (χ1n) is 5.23. The van der Waals surface area contributed by atoms with Crippen LogP contribution in [-0.2, 0) is 11.2 Å². The molecule has 0 aliphatic heterocycles. The average Bonchev–Trinajstić information content (AvgIpc) is 2.28. The Bertz CT molecular complexity index is 399. The SMILES string of the molecule is CC(=O)NC(CO)Cc1ccc(C(=O)O)cc1. The van der Waals surface area contributed by atoms with E-state index < -0.39 is 5.97 Å². The van der Waals surface area contributed by atoms with Crippen LogP contribution in [0.15, 0.2) is 24.3 Å². The molecule has 1 rings (SSSR count). The summed E-state index contributed by atoms with van der Waals surface area (Å²) in [6.07, 6.45) is 0.468. The van der Waals surface area contributed by atoms with E-state index in [9.17, 15) is 9.59 Å². The minimum atomic E-state index is -0.975. The molecule has 17 heavy (non-hydrogen) atoms. The highest BCUT2D eigenvalue weighted by molar-refractivity contribution is 5.87. The Kier molecular flexibility index (Phi) is 4.66. The molecular weight excluding hydrogens is 222 g/mol. The van der Waals surface area contributed by atoms with Gasteiger partial charge in [0.25, 0.3) is 0 Å². The Labute approximate surface area is 99.1 Å². The van der Waals surface area contributed by atoms with Gasteiger partial charge >= 0.3 is 5.97 Å². The normalized spacial score (nSPS) is 11.9. The van der Waals surface area contributed by atoms with Gasteiger partial charge in [0, 0.05) is 6.92 Å². The molecule has 5 nitrogen and oxygen atoms in total. The van der Waals surface area contributed by atoms with Gasteiger partial charge in [-0.05, 0) is 24.1 Å². The van der Waals surface area contributed by atoms with Gasteiger partial charge in [0.05, 0.1) is 18.2 Å². The van der Waals surface area contributed by atoms with E-state index in [0.29, 0.717) is 6.42 Å². The predicted octanol–water partition coefficient (Wildman–Crippen LogP) is 0.424. The van der Waals surface area contributed by atoms with Gasteiger partial charge in [0.15, 0.2) is 0 Å². The lowest BCUT2D eigenvalue weighted by Gasteiger charge is -2.15. The first-order valence-corrected chi connectivity index (χ1v) is 5.23. The molecule has 0 aliphatic rings. The molecule has 1 atom stereocenters. The topological polar surface area (TPSA) is 86.6 Å². The van der Waals surface area contributed by atoms with Gasteiger partial charge in [-0.1, -0.05) is 12.1 Å². The van der Waals surface area contributed by atoms with Gasteiger partial charge in [-0.2, -0.15) is 0 Å².